The molecule has 1 aromatic heterocycles. The fourth-order valence-electron chi connectivity index (χ4n) is 2.69. The molecule has 5 nitrogen and oxygen atoms in total. The topological polar surface area (TPSA) is 68.5 Å². The van der Waals surface area contributed by atoms with Gasteiger partial charge in [0.2, 0.25) is 0 Å². The Bertz CT molecular complexity index is 476. The summed E-state index contributed by atoms with van der Waals surface area (Å²) >= 11 is 0. The summed E-state index contributed by atoms with van der Waals surface area (Å²) < 4.78 is 5.03. The molecule has 0 aliphatic carbocycles. The molecule has 0 spiro atoms. The number of esters is 1. The normalized spacial score (nSPS) is 18.9. The van der Waals surface area contributed by atoms with Crippen LogP contribution in [0.15, 0.2) is 12.3 Å². The highest BCUT2D eigenvalue weighted by Gasteiger charge is 2.23. The Morgan fingerprint density at radius 3 is 3.05 bits per heavy atom. The average molecular weight is 277 g/mol. The van der Waals surface area contributed by atoms with E-state index in [4.69, 9.17) is 10.5 Å². The van der Waals surface area contributed by atoms with E-state index in [1.165, 1.54) is 6.42 Å². The van der Waals surface area contributed by atoms with Gasteiger partial charge < -0.3 is 15.4 Å². The maximum Gasteiger partial charge on any atom is 0.340 e. The Morgan fingerprint density at radius 1 is 1.55 bits per heavy atom. The van der Waals surface area contributed by atoms with E-state index in [9.17, 15) is 4.79 Å². The van der Waals surface area contributed by atoms with Gasteiger partial charge in [0.25, 0.3) is 0 Å². The van der Waals surface area contributed by atoms with Crippen LogP contribution < -0.4 is 10.6 Å². The van der Waals surface area contributed by atoms with Gasteiger partial charge >= 0.3 is 5.97 Å². The van der Waals surface area contributed by atoms with Crippen LogP contribution in [0.2, 0.25) is 0 Å². The molecule has 0 bridgehead atoms. The lowest BCUT2D eigenvalue weighted by molar-refractivity contribution is 0.0527. The van der Waals surface area contributed by atoms with Crippen LogP contribution in [-0.4, -0.2) is 30.6 Å². The quantitative estimate of drug-likeness (QED) is 0.856. The number of piperidine rings is 1. The predicted octanol–water partition coefficient (Wildman–Crippen LogP) is 2.47. The monoisotopic (exact) mass is 277 g/mol. The molecule has 20 heavy (non-hydrogen) atoms. The molecular weight excluding hydrogens is 254 g/mol. The Balaban J connectivity index is 2.24. The first-order chi connectivity index (χ1) is 9.67. The molecule has 0 amide bonds. The van der Waals surface area contributed by atoms with Crippen LogP contribution in [0.4, 0.5) is 11.5 Å². The second-order valence-electron chi connectivity index (χ2n) is 5.18. The minimum Gasteiger partial charge on any atom is -0.462 e. The van der Waals surface area contributed by atoms with Crippen molar-refractivity contribution in [1.82, 2.24) is 4.98 Å². The van der Waals surface area contributed by atoms with Gasteiger partial charge in [-0.3, -0.25) is 0 Å². The summed E-state index contributed by atoms with van der Waals surface area (Å²) in [6.07, 6.45) is 5.19. The van der Waals surface area contributed by atoms with E-state index in [-0.39, 0.29) is 5.97 Å². The molecule has 0 radical (unpaired) electrons. The van der Waals surface area contributed by atoms with Gasteiger partial charge in [-0.15, -0.1) is 0 Å². The first-order valence-electron chi connectivity index (χ1n) is 7.33. The largest absolute Gasteiger partial charge is 0.462 e. The van der Waals surface area contributed by atoms with Crippen molar-refractivity contribution < 1.29 is 9.53 Å². The second kappa shape index (κ2) is 6.59. The molecular formula is C15H23N3O2. The zero-order valence-corrected chi connectivity index (χ0v) is 12.3. The highest BCUT2D eigenvalue weighted by atomic mass is 16.5. The van der Waals surface area contributed by atoms with E-state index in [1.807, 2.05) is 0 Å². The van der Waals surface area contributed by atoms with Gasteiger partial charge in [-0.05, 0) is 31.7 Å². The van der Waals surface area contributed by atoms with E-state index >= 15 is 0 Å². The number of carbonyl (C=O) groups excluding carboxylic acids is 1. The van der Waals surface area contributed by atoms with Crippen LogP contribution in [0.3, 0.4) is 0 Å². The van der Waals surface area contributed by atoms with Crippen LogP contribution >= 0.6 is 0 Å². The number of carbonyl (C=O) groups is 1. The zero-order valence-electron chi connectivity index (χ0n) is 12.3. The maximum absolute atomic E-state index is 11.9. The Hall–Kier alpha value is -1.78. The van der Waals surface area contributed by atoms with Crippen molar-refractivity contribution >= 4 is 17.5 Å². The molecule has 0 aromatic carbocycles. The van der Waals surface area contributed by atoms with Crippen LogP contribution in [-0.2, 0) is 4.74 Å². The Labute approximate surface area is 120 Å². The molecule has 1 aromatic rings. The lowest BCUT2D eigenvalue weighted by atomic mass is 9.95. The maximum atomic E-state index is 11.9. The van der Waals surface area contributed by atoms with Crippen molar-refractivity contribution in [2.75, 3.05) is 30.3 Å². The van der Waals surface area contributed by atoms with Crippen LogP contribution in [0.5, 0.6) is 0 Å². The van der Waals surface area contributed by atoms with Gasteiger partial charge in [0.15, 0.2) is 5.82 Å². The number of ether oxygens (including phenoxy) is 1. The van der Waals surface area contributed by atoms with E-state index in [1.54, 1.807) is 19.2 Å². The van der Waals surface area contributed by atoms with Gasteiger partial charge in [0, 0.05) is 19.3 Å². The fourth-order valence-corrected chi connectivity index (χ4v) is 2.69. The summed E-state index contributed by atoms with van der Waals surface area (Å²) in [6, 6.07) is 1.62. The number of pyridine rings is 1. The molecule has 1 aliphatic rings. The SMILES string of the molecule is CCOC(=O)c1ccnc(N2CCCC(CC)C2)c1N. The zero-order chi connectivity index (χ0) is 14.5. The molecule has 1 atom stereocenters. The van der Waals surface area contributed by atoms with E-state index in [2.05, 4.69) is 16.8 Å². The molecule has 2 rings (SSSR count). The van der Waals surface area contributed by atoms with Gasteiger partial charge in [-0.1, -0.05) is 13.3 Å². The fraction of sp³-hybridized carbons (Fsp3) is 0.600. The van der Waals surface area contributed by atoms with Gasteiger partial charge in [0.05, 0.1) is 17.9 Å². The van der Waals surface area contributed by atoms with Crippen LogP contribution in [0, 0.1) is 5.92 Å². The molecule has 2 N–H and O–H groups in total. The van der Waals surface area contributed by atoms with Gasteiger partial charge in [-0.25, -0.2) is 9.78 Å². The summed E-state index contributed by atoms with van der Waals surface area (Å²) in [5.41, 5.74) is 6.97. The van der Waals surface area contributed by atoms with Crippen molar-refractivity contribution in [3.8, 4) is 0 Å². The van der Waals surface area contributed by atoms with Crippen LogP contribution in [0.1, 0.15) is 43.5 Å². The lowest BCUT2D eigenvalue weighted by Gasteiger charge is -2.34. The molecule has 110 valence electrons. The van der Waals surface area contributed by atoms with E-state index in [0.717, 1.165) is 25.9 Å². The third-order valence-electron chi connectivity index (χ3n) is 3.86. The molecule has 2 heterocycles. The summed E-state index contributed by atoms with van der Waals surface area (Å²) in [5.74, 6) is 1.02. The number of rotatable bonds is 4. The molecule has 1 unspecified atom stereocenters. The number of hydrogen-bond acceptors (Lipinski definition) is 5. The minimum atomic E-state index is -0.377. The minimum absolute atomic E-state index is 0.345. The first-order valence-corrected chi connectivity index (χ1v) is 7.33. The smallest absolute Gasteiger partial charge is 0.340 e. The molecule has 1 aliphatic heterocycles. The first kappa shape index (κ1) is 14.6. The second-order valence-corrected chi connectivity index (χ2v) is 5.18. The van der Waals surface area contributed by atoms with Gasteiger partial charge in [-0.2, -0.15) is 0 Å². The molecule has 1 fully saturated rings. The predicted molar refractivity (Wildman–Crippen MR) is 79.8 cm³/mol. The van der Waals surface area contributed by atoms with Gasteiger partial charge in [0.1, 0.15) is 0 Å². The number of nitrogen functional groups attached to an aromatic ring is 1. The van der Waals surface area contributed by atoms with Crippen molar-refractivity contribution in [3.63, 3.8) is 0 Å². The number of nitrogens with two attached hydrogens (primary N) is 1. The Morgan fingerprint density at radius 2 is 2.35 bits per heavy atom. The van der Waals surface area contributed by atoms with E-state index < -0.39 is 0 Å². The summed E-state index contributed by atoms with van der Waals surface area (Å²) in [5, 5.41) is 0. The lowest BCUT2D eigenvalue weighted by Crippen LogP contribution is -2.36. The highest BCUT2D eigenvalue weighted by molar-refractivity contribution is 5.97. The standard InChI is InChI=1S/C15H23N3O2/c1-3-11-6-5-9-18(10-11)14-13(16)12(7-8-17-14)15(19)20-4-2/h7-8,11H,3-6,9-10,16H2,1-2H3. The summed E-state index contributed by atoms with van der Waals surface area (Å²) in [7, 11) is 0. The van der Waals surface area contributed by atoms with Crippen molar-refractivity contribution in [1.29, 1.82) is 0 Å². The van der Waals surface area contributed by atoms with Crippen molar-refractivity contribution in [3.05, 3.63) is 17.8 Å². The number of nitrogens with zero attached hydrogens (tertiary/aromatic N) is 2. The Kier molecular flexibility index (Phi) is 4.82. The number of hydrogen-bond donors (Lipinski definition) is 1. The van der Waals surface area contributed by atoms with Crippen molar-refractivity contribution in [2.45, 2.75) is 33.1 Å². The molecule has 0 saturated carbocycles. The highest BCUT2D eigenvalue weighted by Crippen LogP contribution is 2.29. The third kappa shape index (κ3) is 3.03. The average Bonchev–Trinajstić information content (AvgIpc) is 2.47. The van der Waals surface area contributed by atoms with Crippen molar-refractivity contribution in [2.24, 2.45) is 5.92 Å². The summed E-state index contributed by atoms with van der Waals surface area (Å²) in [4.78, 5) is 18.4. The third-order valence-corrected chi connectivity index (χ3v) is 3.86. The summed E-state index contributed by atoms with van der Waals surface area (Å²) in [6.45, 7) is 6.24. The number of anilines is 2. The molecule has 1 saturated heterocycles. The van der Waals surface area contributed by atoms with Crippen LogP contribution in [0.25, 0.3) is 0 Å². The molecule has 5 heteroatoms. The van der Waals surface area contributed by atoms with E-state index in [0.29, 0.717) is 29.6 Å². The number of aromatic nitrogens is 1.